The van der Waals surface area contributed by atoms with Crippen LogP contribution in [0, 0.1) is 5.92 Å². The summed E-state index contributed by atoms with van der Waals surface area (Å²) >= 11 is 0. The molecule has 2 heterocycles. The Labute approximate surface area is 167 Å². The highest BCUT2D eigenvalue weighted by atomic mass is 16.6. The first kappa shape index (κ1) is 20.6. The van der Waals surface area contributed by atoms with Crippen LogP contribution in [0.5, 0.6) is 0 Å². The van der Waals surface area contributed by atoms with Crippen molar-refractivity contribution < 1.29 is 38.1 Å². The monoisotopic (exact) mass is 406 g/mol. The third kappa shape index (κ3) is 3.51. The highest BCUT2D eigenvalue weighted by Gasteiger charge is 2.64. The van der Waals surface area contributed by atoms with Crippen LogP contribution in [0.25, 0.3) is 0 Å². The number of fused-ring (bicyclic) bond motifs is 1. The summed E-state index contributed by atoms with van der Waals surface area (Å²) in [7, 11) is 2.27. The fourth-order valence-electron chi connectivity index (χ4n) is 3.78. The first-order valence-electron chi connectivity index (χ1n) is 9.07. The van der Waals surface area contributed by atoms with Crippen molar-refractivity contribution in [3.8, 4) is 0 Å². The van der Waals surface area contributed by atoms with Crippen molar-refractivity contribution in [3.63, 3.8) is 0 Å². The Morgan fingerprint density at radius 2 is 1.69 bits per heavy atom. The Balaban J connectivity index is 2.16. The molecule has 0 N–H and O–H groups in total. The van der Waals surface area contributed by atoms with E-state index in [-0.39, 0.29) is 13.2 Å². The van der Waals surface area contributed by atoms with E-state index in [1.54, 1.807) is 31.2 Å². The average Bonchev–Trinajstić information content (AvgIpc) is 3.10. The van der Waals surface area contributed by atoms with Gasteiger partial charge in [-0.05, 0) is 12.5 Å². The standard InChI is InChI=1S/C19H22N2O8/c1-4-28-18(24)15-13(16(22)26-2)14(17(23)27-3)21-19(25)29-10-12(20(15)21)11-8-6-5-7-9-11/h5-9,12-15H,4,10H2,1-3H3/t12-,13-,14+,15+/m0/s1. The maximum absolute atomic E-state index is 12.9. The molecule has 1 aromatic rings. The molecular formula is C19H22N2O8. The molecule has 4 atom stereocenters. The summed E-state index contributed by atoms with van der Waals surface area (Å²) in [6, 6.07) is 5.67. The van der Waals surface area contributed by atoms with Gasteiger partial charge in [-0.2, -0.15) is 5.01 Å². The van der Waals surface area contributed by atoms with Crippen LogP contribution in [0.4, 0.5) is 4.79 Å². The number of nitrogens with zero attached hydrogens (tertiary/aromatic N) is 2. The van der Waals surface area contributed by atoms with Gasteiger partial charge in [-0.1, -0.05) is 30.3 Å². The third-order valence-corrected chi connectivity index (χ3v) is 4.98. The minimum Gasteiger partial charge on any atom is -0.469 e. The summed E-state index contributed by atoms with van der Waals surface area (Å²) in [4.78, 5) is 50.7. The van der Waals surface area contributed by atoms with Crippen LogP contribution < -0.4 is 0 Å². The van der Waals surface area contributed by atoms with Crippen molar-refractivity contribution >= 4 is 24.0 Å². The molecule has 0 aliphatic carbocycles. The normalized spacial score (nSPS) is 26.3. The number of rotatable bonds is 5. The molecule has 0 aromatic heterocycles. The minimum absolute atomic E-state index is 0.0560. The molecule has 10 heteroatoms. The van der Waals surface area contributed by atoms with E-state index in [2.05, 4.69) is 0 Å². The molecule has 1 aromatic carbocycles. The maximum atomic E-state index is 12.9. The van der Waals surface area contributed by atoms with Crippen molar-refractivity contribution in [1.29, 1.82) is 0 Å². The van der Waals surface area contributed by atoms with Crippen LogP contribution in [0.15, 0.2) is 30.3 Å². The van der Waals surface area contributed by atoms with Crippen molar-refractivity contribution in [3.05, 3.63) is 35.9 Å². The van der Waals surface area contributed by atoms with Gasteiger partial charge in [-0.25, -0.2) is 14.6 Å². The number of benzene rings is 1. The molecule has 0 radical (unpaired) electrons. The Morgan fingerprint density at radius 3 is 2.28 bits per heavy atom. The van der Waals surface area contributed by atoms with Crippen LogP contribution in [0.2, 0.25) is 0 Å². The SMILES string of the molecule is CCOC(=O)[C@H]1[C@@H](C(=O)OC)[C@H](C(=O)OC)N2C(=O)OC[C@@H](c3ccccc3)N12. The second kappa shape index (κ2) is 8.48. The molecule has 0 spiro atoms. The van der Waals surface area contributed by atoms with Gasteiger partial charge >= 0.3 is 24.0 Å². The van der Waals surface area contributed by atoms with Crippen molar-refractivity contribution in [2.75, 3.05) is 27.4 Å². The van der Waals surface area contributed by atoms with E-state index in [0.717, 1.165) is 24.8 Å². The lowest BCUT2D eigenvalue weighted by Gasteiger charge is -2.41. The Morgan fingerprint density at radius 1 is 1.03 bits per heavy atom. The van der Waals surface area contributed by atoms with Gasteiger partial charge in [0.15, 0.2) is 6.04 Å². The van der Waals surface area contributed by atoms with Crippen molar-refractivity contribution in [1.82, 2.24) is 10.0 Å². The summed E-state index contributed by atoms with van der Waals surface area (Å²) < 4.78 is 20.1. The van der Waals surface area contributed by atoms with Gasteiger partial charge in [0, 0.05) is 0 Å². The second-order valence-corrected chi connectivity index (χ2v) is 6.44. The molecule has 2 saturated heterocycles. The van der Waals surface area contributed by atoms with E-state index in [0.29, 0.717) is 0 Å². The zero-order chi connectivity index (χ0) is 21.1. The Hall–Kier alpha value is -3.14. The average molecular weight is 406 g/mol. The fraction of sp³-hybridized carbons (Fsp3) is 0.474. The van der Waals surface area contributed by atoms with Crippen LogP contribution in [0.3, 0.4) is 0 Å². The molecule has 1 amide bonds. The number of hydrogen-bond donors (Lipinski definition) is 0. The lowest BCUT2D eigenvalue weighted by molar-refractivity contribution is -0.167. The van der Waals surface area contributed by atoms with Gasteiger partial charge in [-0.3, -0.25) is 9.59 Å². The number of hydrazine groups is 1. The summed E-state index contributed by atoms with van der Waals surface area (Å²) in [6.45, 7) is 1.60. The molecule has 0 bridgehead atoms. The molecule has 156 valence electrons. The largest absolute Gasteiger partial charge is 0.469 e. The van der Waals surface area contributed by atoms with Crippen molar-refractivity contribution in [2.45, 2.75) is 25.0 Å². The van der Waals surface area contributed by atoms with Crippen LogP contribution in [-0.2, 0) is 33.3 Å². The van der Waals surface area contributed by atoms with Gasteiger partial charge in [0.1, 0.15) is 18.6 Å². The topological polar surface area (TPSA) is 112 Å². The third-order valence-electron chi connectivity index (χ3n) is 4.98. The summed E-state index contributed by atoms with van der Waals surface area (Å²) in [5.74, 6) is -3.81. The van der Waals surface area contributed by atoms with Crippen LogP contribution in [0.1, 0.15) is 18.5 Å². The summed E-state index contributed by atoms with van der Waals surface area (Å²) in [5, 5.41) is 2.35. The van der Waals surface area contributed by atoms with Gasteiger partial charge in [-0.15, -0.1) is 0 Å². The molecule has 0 saturated carbocycles. The predicted molar refractivity (Wildman–Crippen MR) is 95.9 cm³/mol. The number of methoxy groups -OCH3 is 2. The number of carbonyl (C=O) groups is 4. The smallest absolute Gasteiger partial charge is 0.425 e. The first-order chi connectivity index (χ1) is 14.0. The van der Waals surface area contributed by atoms with Gasteiger partial charge in [0.05, 0.1) is 26.9 Å². The number of cyclic esters (lactones) is 1. The summed E-state index contributed by atoms with van der Waals surface area (Å²) in [6.07, 6.45) is -0.867. The highest BCUT2D eigenvalue weighted by molar-refractivity contribution is 5.94. The predicted octanol–water partition coefficient (Wildman–Crippen LogP) is 0.673. The molecule has 2 aliphatic heterocycles. The lowest BCUT2D eigenvalue weighted by atomic mass is 9.92. The van der Waals surface area contributed by atoms with E-state index in [1.165, 1.54) is 5.01 Å². The zero-order valence-corrected chi connectivity index (χ0v) is 16.3. The van der Waals surface area contributed by atoms with Crippen LogP contribution >= 0.6 is 0 Å². The van der Waals surface area contributed by atoms with E-state index in [1.807, 2.05) is 6.07 Å². The molecule has 29 heavy (non-hydrogen) atoms. The molecule has 2 aliphatic rings. The number of ether oxygens (including phenoxy) is 4. The minimum atomic E-state index is -1.43. The first-order valence-corrected chi connectivity index (χ1v) is 9.07. The molecule has 0 unspecified atom stereocenters. The number of esters is 3. The highest BCUT2D eigenvalue weighted by Crippen LogP contribution is 2.42. The van der Waals surface area contributed by atoms with Crippen LogP contribution in [-0.4, -0.2) is 73.5 Å². The maximum Gasteiger partial charge on any atom is 0.425 e. The van der Waals surface area contributed by atoms with E-state index in [4.69, 9.17) is 18.9 Å². The number of carbonyl (C=O) groups excluding carboxylic acids is 4. The van der Waals surface area contributed by atoms with Gasteiger partial charge < -0.3 is 18.9 Å². The molecule has 3 rings (SSSR count). The fourth-order valence-corrected chi connectivity index (χ4v) is 3.78. The van der Waals surface area contributed by atoms with Crippen molar-refractivity contribution in [2.24, 2.45) is 5.92 Å². The molecule has 10 nitrogen and oxygen atoms in total. The van der Waals surface area contributed by atoms with Gasteiger partial charge in [0.25, 0.3) is 0 Å². The quantitative estimate of drug-likeness (QED) is 0.514. The Kier molecular flexibility index (Phi) is 6.02. The van der Waals surface area contributed by atoms with E-state index >= 15 is 0 Å². The second-order valence-electron chi connectivity index (χ2n) is 6.44. The van der Waals surface area contributed by atoms with Gasteiger partial charge in [0.2, 0.25) is 0 Å². The molecular weight excluding hydrogens is 384 g/mol. The molecule has 2 fully saturated rings. The Bertz CT molecular complexity index is 799. The zero-order valence-electron chi connectivity index (χ0n) is 16.3. The lowest BCUT2D eigenvalue weighted by Crippen LogP contribution is -2.57. The van der Waals surface area contributed by atoms with E-state index in [9.17, 15) is 19.2 Å². The number of hydrogen-bond acceptors (Lipinski definition) is 9. The van der Waals surface area contributed by atoms with E-state index < -0.39 is 48.0 Å². The summed E-state index contributed by atoms with van der Waals surface area (Å²) in [5.41, 5.74) is 0.730. The number of amides is 1.